The molecule has 0 aromatic carbocycles. The summed E-state index contributed by atoms with van der Waals surface area (Å²) in [5, 5.41) is 2.14. The van der Waals surface area contributed by atoms with Crippen molar-refractivity contribution in [3.63, 3.8) is 0 Å². The number of carbonyl (C=O) groups excluding carboxylic acids is 1. The lowest BCUT2D eigenvalue weighted by molar-refractivity contribution is -0.137. The second-order valence-electron chi connectivity index (χ2n) is 5.65. The van der Waals surface area contributed by atoms with E-state index in [0.29, 0.717) is 17.4 Å². The maximum atomic E-state index is 12.6. The van der Waals surface area contributed by atoms with Gasteiger partial charge >= 0.3 is 6.18 Å². The van der Waals surface area contributed by atoms with Gasteiger partial charge in [-0.2, -0.15) is 13.2 Å². The van der Waals surface area contributed by atoms with E-state index in [1.807, 2.05) is 13.8 Å². The minimum absolute atomic E-state index is 0.138. The third-order valence-corrected chi connectivity index (χ3v) is 4.24. The quantitative estimate of drug-likeness (QED) is 0.724. The van der Waals surface area contributed by atoms with Gasteiger partial charge in [-0.3, -0.25) is 4.79 Å². The first-order valence-electron chi connectivity index (χ1n) is 7.72. The average Bonchev–Trinajstić information content (AvgIpc) is 2.91. The molecule has 0 fully saturated rings. The molecule has 0 aliphatic carbocycles. The van der Waals surface area contributed by atoms with E-state index in [0.717, 1.165) is 23.9 Å². The second kappa shape index (κ2) is 6.60. The van der Waals surface area contributed by atoms with Crippen LogP contribution in [0.1, 0.15) is 34.2 Å². The molecule has 3 heterocycles. The van der Waals surface area contributed by atoms with Crippen LogP contribution in [0.15, 0.2) is 30.6 Å². The number of amides is 1. The molecule has 1 N–H and O–H groups in total. The molecule has 5 nitrogen and oxygen atoms in total. The van der Waals surface area contributed by atoms with E-state index < -0.39 is 17.6 Å². The summed E-state index contributed by atoms with van der Waals surface area (Å²) < 4.78 is 39.7. The first kappa shape index (κ1) is 18.2. The van der Waals surface area contributed by atoms with Crippen molar-refractivity contribution in [3.8, 4) is 0 Å². The summed E-state index contributed by atoms with van der Waals surface area (Å²) in [7, 11) is 0. The third kappa shape index (κ3) is 3.37. The van der Waals surface area contributed by atoms with E-state index in [2.05, 4.69) is 15.3 Å². The molecule has 0 aliphatic rings. The number of hydrogen-bond donors (Lipinski definition) is 1. The van der Waals surface area contributed by atoms with Crippen molar-refractivity contribution in [1.82, 2.24) is 14.4 Å². The van der Waals surface area contributed by atoms with Crippen molar-refractivity contribution < 1.29 is 18.0 Å². The van der Waals surface area contributed by atoms with Crippen LogP contribution in [0, 0.1) is 6.92 Å². The highest BCUT2D eigenvalue weighted by Crippen LogP contribution is 2.32. The molecule has 9 heteroatoms. The van der Waals surface area contributed by atoms with Crippen LogP contribution in [0.5, 0.6) is 0 Å². The first-order chi connectivity index (χ1) is 12.2. The van der Waals surface area contributed by atoms with Gasteiger partial charge in [0.15, 0.2) is 5.82 Å². The van der Waals surface area contributed by atoms with Crippen LogP contribution in [-0.4, -0.2) is 20.3 Å². The van der Waals surface area contributed by atoms with Crippen molar-refractivity contribution in [3.05, 3.63) is 58.1 Å². The minimum Gasteiger partial charge on any atom is -0.305 e. The van der Waals surface area contributed by atoms with E-state index in [9.17, 15) is 18.0 Å². The molecule has 0 spiro atoms. The maximum Gasteiger partial charge on any atom is 0.417 e. The minimum atomic E-state index is -4.56. The predicted octanol–water partition coefficient (Wildman–Crippen LogP) is 4.52. The largest absolute Gasteiger partial charge is 0.417 e. The van der Waals surface area contributed by atoms with Crippen molar-refractivity contribution >= 4 is 29.0 Å². The van der Waals surface area contributed by atoms with E-state index in [1.54, 1.807) is 22.7 Å². The highest BCUT2D eigenvalue weighted by atomic mass is 35.5. The van der Waals surface area contributed by atoms with Gasteiger partial charge in [0, 0.05) is 18.1 Å². The molecule has 0 aliphatic heterocycles. The summed E-state index contributed by atoms with van der Waals surface area (Å²) in [5.74, 6) is -0.673. The number of carbonyl (C=O) groups is 1. The molecule has 3 aromatic heterocycles. The lowest BCUT2D eigenvalue weighted by Crippen LogP contribution is -2.15. The standard InChI is InChI=1S/C17H14ClF3N4O/c1-3-13-9(2)25-8-10(4-5-14(25)23-13)16(26)24-15-12(18)6-11(7-22-15)17(19,20)21/h4-8H,3H2,1-2H3,(H,22,24,26). The number of hydrogen-bond acceptors (Lipinski definition) is 3. The van der Waals surface area contributed by atoms with Gasteiger partial charge in [-0.05, 0) is 31.5 Å². The fourth-order valence-corrected chi connectivity index (χ4v) is 2.76. The molecule has 0 bridgehead atoms. The fourth-order valence-electron chi connectivity index (χ4n) is 2.54. The van der Waals surface area contributed by atoms with Crippen molar-refractivity contribution in [2.75, 3.05) is 5.32 Å². The number of aryl methyl sites for hydroxylation is 2. The van der Waals surface area contributed by atoms with Crippen LogP contribution in [0.25, 0.3) is 5.65 Å². The van der Waals surface area contributed by atoms with Gasteiger partial charge in [-0.15, -0.1) is 0 Å². The van der Waals surface area contributed by atoms with Crippen molar-refractivity contribution in [1.29, 1.82) is 0 Å². The molecule has 136 valence electrons. The Morgan fingerprint density at radius 1 is 1.35 bits per heavy atom. The highest BCUT2D eigenvalue weighted by molar-refractivity contribution is 6.33. The number of fused-ring (bicyclic) bond motifs is 1. The van der Waals surface area contributed by atoms with Gasteiger partial charge in [0.05, 0.1) is 21.8 Å². The molecule has 0 radical (unpaired) electrons. The lowest BCUT2D eigenvalue weighted by Gasteiger charge is -2.10. The van der Waals surface area contributed by atoms with Crippen molar-refractivity contribution in [2.45, 2.75) is 26.4 Å². The summed E-state index contributed by atoms with van der Waals surface area (Å²) in [4.78, 5) is 20.5. The number of alkyl halides is 3. The maximum absolute atomic E-state index is 12.6. The van der Waals surface area contributed by atoms with Crippen LogP contribution in [0.2, 0.25) is 5.02 Å². The molecule has 0 saturated carbocycles. The zero-order chi connectivity index (χ0) is 19.1. The van der Waals surface area contributed by atoms with Gasteiger partial charge in [-0.1, -0.05) is 18.5 Å². The Morgan fingerprint density at radius 2 is 2.08 bits per heavy atom. The Hall–Kier alpha value is -2.61. The monoisotopic (exact) mass is 382 g/mol. The average molecular weight is 383 g/mol. The normalized spacial score (nSPS) is 11.8. The number of pyridine rings is 2. The number of nitrogens with one attached hydrogen (secondary N) is 1. The number of halogens is 4. The Morgan fingerprint density at radius 3 is 2.69 bits per heavy atom. The number of rotatable bonds is 3. The number of imidazole rings is 1. The topological polar surface area (TPSA) is 59.3 Å². The van der Waals surface area contributed by atoms with Crippen LogP contribution in [0.3, 0.4) is 0 Å². The number of aromatic nitrogens is 3. The highest BCUT2D eigenvalue weighted by Gasteiger charge is 2.31. The van der Waals surface area contributed by atoms with Crippen LogP contribution in [-0.2, 0) is 12.6 Å². The molecule has 0 unspecified atom stereocenters. The molecule has 1 amide bonds. The Bertz CT molecular complexity index is 998. The number of nitrogens with zero attached hydrogens (tertiary/aromatic N) is 3. The summed E-state index contributed by atoms with van der Waals surface area (Å²) in [6.07, 6.45) is -1.55. The summed E-state index contributed by atoms with van der Waals surface area (Å²) >= 11 is 5.82. The second-order valence-corrected chi connectivity index (χ2v) is 6.06. The fraction of sp³-hybridized carbons (Fsp3) is 0.235. The summed E-state index contributed by atoms with van der Waals surface area (Å²) in [6.45, 7) is 3.88. The molecule has 0 atom stereocenters. The molecular formula is C17H14ClF3N4O. The lowest BCUT2D eigenvalue weighted by atomic mass is 10.2. The SMILES string of the molecule is CCc1nc2ccc(C(=O)Nc3ncc(C(F)(F)F)cc3Cl)cn2c1C. The van der Waals surface area contributed by atoms with Crippen molar-refractivity contribution in [2.24, 2.45) is 0 Å². The van der Waals surface area contributed by atoms with Gasteiger partial charge in [0.1, 0.15) is 5.65 Å². The van der Waals surface area contributed by atoms with Gasteiger partial charge in [-0.25, -0.2) is 9.97 Å². The molecule has 0 saturated heterocycles. The van der Waals surface area contributed by atoms with Crippen LogP contribution >= 0.6 is 11.6 Å². The third-order valence-electron chi connectivity index (χ3n) is 3.95. The Kier molecular flexibility index (Phi) is 4.62. The van der Waals surface area contributed by atoms with E-state index >= 15 is 0 Å². The zero-order valence-electron chi connectivity index (χ0n) is 13.9. The summed E-state index contributed by atoms with van der Waals surface area (Å²) in [5.41, 5.74) is 1.88. The smallest absolute Gasteiger partial charge is 0.305 e. The van der Waals surface area contributed by atoms with Crippen LogP contribution in [0.4, 0.5) is 19.0 Å². The van der Waals surface area contributed by atoms with Gasteiger partial charge < -0.3 is 9.72 Å². The van der Waals surface area contributed by atoms with Gasteiger partial charge in [0.2, 0.25) is 0 Å². The summed E-state index contributed by atoms with van der Waals surface area (Å²) in [6, 6.07) is 4.00. The van der Waals surface area contributed by atoms with Crippen LogP contribution < -0.4 is 5.32 Å². The molecule has 3 aromatic rings. The molecule has 3 rings (SSSR count). The Labute approximate surface area is 151 Å². The molecule has 26 heavy (non-hydrogen) atoms. The van der Waals surface area contributed by atoms with E-state index in [-0.39, 0.29) is 10.8 Å². The van der Waals surface area contributed by atoms with E-state index in [4.69, 9.17) is 11.6 Å². The molecular weight excluding hydrogens is 369 g/mol. The predicted molar refractivity (Wildman–Crippen MR) is 91.5 cm³/mol. The number of anilines is 1. The zero-order valence-corrected chi connectivity index (χ0v) is 14.6. The van der Waals surface area contributed by atoms with E-state index in [1.165, 1.54) is 0 Å². The first-order valence-corrected chi connectivity index (χ1v) is 8.10. The van der Waals surface area contributed by atoms with Gasteiger partial charge in [0.25, 0.3) is 5.91 Å². The Balaban J connectivity index is 1.88.